The number of aromatic nitrogens is 1. The van der Waals surface area contributed by atoms with Crippen LogP contribution in [0.4, 0.5) is 17.1 Å². The van der Waals surface area contributed by atoms with E-state index in [1.807, 2.05) is 0 Å². The molecule has 12 aromatic carbocycles. The molecule has 0 aliphatic carbocycles. The van der Waals surface area contributed by atoms with Gasteiger partial charge in [-0.15, -0.1) is 0 Å². The van der Waals surface area contributed by atoms with E-state index >= 15 is 0 Å². The second-order valence-electron chi connectivity index (χ2n) is 18.0. The van der Waals surface area contributed by atoms with Crippen LogP contribution in [0.5, 0.6) is 0 Å². The summed E-state index contributed by atoms with van der Waals surface area (Å²) in [7, 11) is 0. The fraction of sp³-hybridized carbons (Fsp3) is 0. The summed E-state index contributed by atoms with van der Waals surface area (Å²) in [4.78, 5) is 2.42. The Morgan fingerprint density at radius 1 is 0.243 bits per heavy atom. The van der Waals surface area contributed by atoms with Gasteiger partial charge in [0.25, 0.3) is 0 Å². The highest BCUT2D eigenvalue weighted by molar-refractivity contribution is 6.11. The lowest BCUT2D eigenvalue weighted by molar-refractivity contribution is 1.18. The maximum atomic E-state index is 2.42. The molecule has 0 saturated carbocycles. The van der Waals surface area contributed by atoms with Crippen LogP contribution in [-0.4, -0.2) is 4.57 Å². The van der Waals surface area contributed by atoms with Crippen LogP contribution in [0.3, 0.4) is 0 Å². The molecule has 0 radical (unpaired) electrons. The van der Waals surface area contributed by atoms with Gasteiger partial charge in [-0.25, -0.2) is 0 Å². The van der Waals surface area contributed by atoms with Crippen LogP contribution < -0.4 is 4.90 Å². The zero-order valence-electron chi connectivity index (χ0n) is 38.5. The highest BCUT2D eigenvalue weighted by Gasteiger charge is 2.21. The Kier molecular flexibility index (Phi) is 10.2. The molecule has 0 bridgehead atoms. The van der Waals surface area contributed by atoms with E-state index in [1.54, 1.807) is 0 Å². The second-order valence-corrected chi connectivity index (χ2v) is 18.0. The molecular weight excluding hydrogens is 845 g/mol. The smallest absolute Gasteiger partial charge is 0.0541 e. The van der Waals surface area contributed by atoms with E-state index in [4.69, 9.17) is 0 Å². The summed E-state index contributed by atoms with van der Waals surface area (Å²) < 4.78 is 2.37. The number of nitrogens with zero attached hydrogens (tertiary/aromatic N) is 2. The van der Waals surface area contributed by atoms with Crippen LogP contribution in [0.15, 0.2) is 279 Å². The standard InChI is InChI=1S/C68H46N2/c1-3-17-49(18-4-1)58-23-9-10-24-60(58)61-25-11-12-26-62(61)63-27-13-15-29-66(63)69(55-39-33-47(34-40-55)51-37-43-59-53(45-51)32-31-50-19-7-8-22-57(50)59)56-41-35-48(36-42-56)52-38-44-68-65(46-52)64-28-14-16-30-67(64)70(68)54-20-5-2-6-21-54/h1-46H. The number of hydrogen-bond donors (Lipinski definition) is 0. The predicted molar refractivity (Wildman–Crippen MR) is 298 cm³/mol. The Morgan fingerprint density at radius 3 is 1.43 bits per heavy atom. The van der Waals surface area contributed by atoms with Crippen LogP contribution in [0.1, 0.15) is 0 Å². The average Bonchev–Trinajstić information content (AvgIpc) is 3.77. The van der Waals surface area contributed by atoms with E-state index < -0.39 is 0 Å². The Balaban J connectivity index is 0.934. The molecular formula is C68H46N2. The molecule has 0 N–H and O–H groups in total. The Labute approximate surface area is 408 Å². The minimum absolute atomic E-state index is 1.07. The third-order valence-electron chi connectivity index (χ3n) is 14.0. The summed E-state index contributed by atoms with van der Waals surface area (Å²) in [5.41, 5.74) is 18.6. The monoisotopic (exact) mass is 890 g/mol. The highest BCUT2D eigenvalue weighted by Crippen LogP contribution is 2.46. The van der Waals surface area contributed by atoms with Gasteiger partial charge in [0.2, 0.25) is 0 Å². The van der Waals surface area contributed by atoms with Crippen molar-refractivity contribution in [3.05, 3.63) is 279 Å². The minimum Gasteiger partial charge on any atom is -0.310 e. The first-order valence-electron chi connectivity index (χ1n) is 24.1. The summed E-state index contributed by atoms with van der Waals surface area (Å²) in [6.45, 7) is 0. The normalized spacial score (nSPS) is 11.4. The third kappa shape index (κ3) is 7.22. The van der Waals surface area contributed by atoms with Gasteiger partial charge in [-0.05, 0) is 138 Å². The van der Waals surface area contributed by atoms with Gasteiger partial charge in [0.05, 0.1) is 16.7 Å². The van der Waals surface area contributed by atoms with Gasteiger partial charge >= 0.3 is 0 Å². The van der Waals surface area contributed by atoms with Gasteiger partial charge in [0.15, 0.2) is 0 Å². The lowest BCUT2D eigenvalue weighted by Gasteiger charge is -2.29. The van der Waals surface area contributed by atoms with E-state index in [0.29, 0.717) is 0 Å². The number of benzene rings is 12. The van der Waals surface area contributed by atoms with Crippen molar-refractivity contribution in [1.29, 1.82) is 0 Å². The van der Waals surface area contributed by atoms with Crippen molar-refractivity contribution >= 4 is 60.4 Å². The summed E-state index contributed by atoms with van der Waals surface area (Å²) in [6, 6.07) is 102. The van der Waals surface area contributed by atoms with Crippen molar-refractivity contribution in [3.63, 3.8) is 0 Å². The summed E-state index contributed by atoms with van der Waals surface area (Å²) in [5, 5.41) is 7.54. The maximum Gasteiger partial charge on any atom is 0.0541 e. The van der Waals surface area contributed by atoms with Gasteiger partial charge in [-0.2, -0.15) is 0 Å². The van der Waals surface area contributed by atoms with Crippen LogP contribution in [0, 0.1) is 0 Å². The molecule has 0 amide bonds. The van der Waals surface area contributed by atoms with Crippen LogP contribution in [0.2, 0.25) is 0 Å². The first kappa shape index (κ1) is 41.0. The first-order chi connectivity index (χ1) is 34.7. The molecule has 328 valence electrons. The quantitative estimate of drug-likeness (QED) is 0.131. The highest BCUT2D eigenvalue weighted by atomic mass is 15.1. The molecule has 0 unspecified atom stereocenters. The number of para-hydroxylation sites is 3. The van der Waals surface area contributed by atoms with Gasteiger partial charge in [-0.3, -0.25) is 0 Å². The molecule has 0 fully saturated rings. The molecule has 0 spiro atoms. The topological polar surface area (TPSA) is 8.17 Å². The molecule has 1 heterocycles. The van der Waals surface area contributed by atoms with E-state index in [-0.39, 0.29) is 0 Å². The lowest BCUT2D eigenvalue weighted by Crippen LogP contribution is -2.11. The van der Waals surface area contributed by atoms with Crippen molar-refractivity contribution in [2.24, 2.45) is 0 Å². The molecule has 0 aliphatic heterocycles. The fourth-order valence-corrected chi connectivity index (χ4v) is 10.7. The fourth-order valence-electron chi connectivity index (χ4n) is 10.7. The van der Waals surface area contributed by atoms with Crippen molar-refractivity contribution in [2.75, 3.05) is 4.90 Å². The molecule has 0 aliphatic rings. The predicted octanol–water partition coefficient (Wildman–Crippen LogP) is 18.9. The second kappa shape index (κ2) is 17.4. The van der Waals surface area contributed by atoms with Gasteiger partial charge in [0, 0.05) is 33.4 Å². The molecule has 70 heavy (non-hydrogen) atoms. The zero-order valence-corrected chi connectivity index (χ0v) is 38.5. The van der Waals surface area contributed by atoms with E-state index in [1.165, 1.54) is 87.9 Å². The van der Waals surface area contributed by atoms with Crippen LogP contribution in [-0.2, 0) is 0 Å². The van der Waals surface area contributed by atoms with Crippen molar-refractivity contribution < 1.29 is 0 Å². The number of hydrogen-bond acceptors (Lipinski definition) is 1. The maximum absolute atomic E-state index is 2.42. The van der Waals surface area contributed by atoms with Crippen LogP contribution >= 0.6 is 0 Å². The number of anilines is 3. The molecule has 2 nitrogen and oxygen atoms in total. The van der Waals surface area contributed by atoms with Gasteiger partial charge in [0.1, 0.15) is 0 Å². The Morgan fingerprint density at radius 2 is 0.714 bits per heavy atom. The van der Waals surface area contributed by atoms with E-state index in [0.717, 1.165) is 33.9 Å². The van der Waals surface area contributed by atoms with Gasteiger partial charge in [-0.1, -0.05) is 212 Å². The van der Waals surface area contributed by atoms with Crippen molar-refractivity contribution in [2.45, 2.75) is 0 Å². The van der Waals surface area contributed by atoms with E-state index in [2.05, 4.69) is 289 Å². The first-order valence-corrected chi connectivity index (χ1v) is 24.1. The van der Waals surface area contributed by atoms with Gasteiger partial charge < -0.3 is 9.47 Å². The third-order valence-corrected chi connectivity index (χ3v) is 14.0. The summed E-state index contributed by atoms with van der Waals surface area (Å²) in [5.74, 6) is 0. The molecule has 0 atom stereocenters. The lowest BCUT2D eigenvalue weighted by atomic mass is 9.88. The zero-order chi connectivity index (χ0) is 46.4. The number of rotatable bonds is 9. The Bertz CT molecular complexity index is 4040. The molecule has 13 rings (SSSR count). The molecule has 2 heteroatoms. The summed E-state index contributed by atoms with van der Waals surface area (Å²) >= 11 is 0. The molecule has 1 aromatic heterocycles. The van der Waals surface area contributed by atoms with Crippen molar-refractivity contribution in [3.8, 4) is 61.3 Å². The minimum atomic E-state index is 1.07. The SMILES string of the molecule is c1ccc(-c2ccccc2-c2ccccc2-c2ccccc2N(c2ccc(-c3ccc4c(ccc5ccccc54)c3)cc2)c2ccc(-c3ccc4c(c3)c3ccccc3n4-c3ccccc3)cc2)cc1. The Hall–Kier alpha value is -9.24. The summed E-state index contributed by atoms with van der Waals surface area (Å²) in [6.07, 6.45) is 0. The molecule has 13 aromatic rings. The van der Waals surface area contributed by atoms with Crippen LogP contribution in [0.25, 0.3) is 105 Å². The average molecular weight is 891 g/mol. The van der Waals surface area contributed by atoms with Crippen molar-refractivity contribution in [1.82, 2.24) is 4.57 Å². The van der Waals surface area contributed by atoms with E-state index in [9.17, 15) is 0 Å². The largest absolute Gasteiger partial charge is 0.310 e. The number of fused-ring (bicyclic) bond motifs is 6. The molecule has 0 saturated heterocycles.